The summed E-state index contributed by atoms with van der Waals surface area (Å²) in [6.07, 6.45) is 4.68. The summed E-state index contributed by atoms with van der Waals surface area (Å²) in [5.41, 5.74) is 10.4. The third kappa shape index (κ3) is 7.98. The van der Waals surface area contributed by atoms with Gasteiger partial charge in [-0.15, -0.1) is 0 Å². The van der Waals surface area contributed by atoms with E-state index in [0.29, 0.717) is 37.2 Å². The molecule has 3 aromatic heterocycles. The number of aromatic amines is 1. The van der Waals surface area contributed by atoms with Crippen molar-refractivity contribution in [2.45, 2.75) is 103 Å². The van der Waals surface area contributed by atoms with Crippen molar-refractivity contribution in [3.63, 3.8) is 0 Å². The fraction of sp³-hybridized carbons (Fsp3) is 0.468. The number of amides is 2. The number of benzene rings is 2. The standard InChI is InChI=1S/C47H58N8O7/c1-8-54-36-14-13-28-21-33(36)38-39(43(61-7)40-32(42(38)54)11-9-15-49-40)47(4,5)24-62-46(60)34-12-10-16-55(52-34)45(59)35(19-27-17-29(28)20-31(56)18-27)51-44(58)41(26(2)3)53(6)37(57)22-30-23-48-25-50-30/h9,11,13-15,17-18,20-21,23,25-26,34-35,37,39,41,43,52,56-57H,8,10,12,16,19,22,24H2,1-7H3,(H,48,50)(H,51,58)/t34-,35?,37?,39?,41-,43-/m0/s1. The van der Waals surface area contributed by atoms with Crippen molar-refractivity contribution >= 4 is 28.7 Å². The first-order valence-electron chi connectivity index (χ1n) is 21.6. The maximum absolute atomic E-state index is 14.7. The lowest BCUT2D eigenvalue weighted by atomic mass is 9.67. The Balaban J connectivity index is 1.24. The number of aliphatic hydroxyl groups is 1. The summed E-state index contributed by atoms with van der Waals surface area (Å²) in [6.45, 7) is 11.1. The van der Waals surface area contributed by atoms with Crippen molar-refractivity contribution in [2.24, 2.45) is 11.3 Å². The van der Waals surface area contributed by atoms with Crippen LogP contribution in [-0.4, -0.2) is 109 Å². The zero-order valence-electron chi connectivity index (χ0n) is 36.5. The number of H-pyrrole nitrogens is 1. The quantitative estimate of drug-likeness (QED) is 0.0967. The Morgan fingerprint density at radius 2 is 1.95 bits per heavy atom. The van der Waals surface area contributed by atoms with Gasteiger partial charge in [0.15, 0.2) is 0 Å². The van der Waals surface area contributed by atoms with E-state index in [-0.39, 0.29) is 37.0 Å². The molecule has 6 atom stereocenters. The number of aryl methyl sites for hydroxylation is 1. The van der Waals surface area contributed by atoms with Gasteiger partial charge in [0.1, 0.15) is 30.2 Å². The van der Waals surface area contributed by atoms with Gasteiger partial charge in [0.2, 0.25) is 5.91 Å². The van der Waals surface area contributed by atoms with Crippen molar-refractivity contribution in [3.05, 3.63) is 89.8 Å². The summed E-state index contributed by atoms with van der Waals surface area (Å²) in [5, 5.41) is 28.0. The van der Waals surface area contributed by atoms with E-state index in [0.717, 1.165) is 44.5 Å². The number of phenols is 1. The zero-order chi connectivity index (χ0) is 44.0. The number of aromatic nitrogens is 4. The van der Waals surface area contributed by atoms with Crippen molar-refractivity contribution < 1.29 is 34.1 Å². The minimum atomic E-state index is -1.11. The molecule has 1 aliphatic carbocycles. The number of aliphatic hydroxyl groups excluding tert-OH is 1. The minimum Gasteiger partial charge on any atom is -0.508 e. The molecular formula is C47H58N8O7. The molecule has 5 N–H and O–H groups in total. The fourth-order valence-electron chi connectivity index (χ4n) is 9.98. The molecule has 0 saturated carbocycles. The Bertz CT molecular complexity index is 2460. The van der Waals surface area contributed by atoms with Gasteiger partial charge >= 0.3 is 5.97 Å². The molecule has 5 aromatic rings. The van der Waals surface area contributed by atoms with Gasteiger partial charge in [0, 0.05) is 78.9 Å². The average molecular weight is 847 g/mol. The van der Waals surface area contributed by atoms with Crippen LogP contribution >= 0.6 is 0 Å². The summed E-state index contributed by atoms with van der Waals surface area (Å²) in [4.78, 5) is 56.6. The molecule has 6 bridgehead atoms. The number of phenolic OH excluding ortho intramolecular Hbond substituents is 1. The van der Waals surface area contributed by atoms with E-state index in [1.807, 2.05) is 32.0 Å². The molecule has 62 heavy (non-hydrogen) atoms. The van der Waals surface area contributed by atoms with Crippen molar-refractivity contribution in [1.29, 1.82) is 0 Å². The van der Waals surface area contributed by atoms with Gasteiger partial charge in [0.25, 0.3) is 5.91 Å². The lowest BCUT2D eigenvalue weighted by Gasteiger charge is -2.42. The Morgan fingerprint density at radius 1 is 1.15 bits per heavy atom. The Hall–Kier alpha value is -5.61. The first-order chi connectivity index (χ1) is 29.7. The molecule has 5 heterocycles. The fourth-order valence-corrected chi connectivity index (χ4v) is 9.98. The zero-order valence-corrected chi connectivity index (χ0v) is 36.5. The Morgan fingerprint density at radius 3 is 2.68 bits per heavy atom. The van der Waals surface area contributed by atoms with E-state index in [1.165, 1.54) is 11.3 Å². The van der Waals surface area contributed by atoms with E-state index in [2.05, 4.69) is 64.2 Å². The van der Waals surface area contributed by atoms with Crippen LogP contribution in [0, 0.1) is 11.3 Å². The number of nitrogens with one attached hydrogen (secondary N) is 3. The second-order valence-corrected chi connectivity index (χ2v) is 18.0. The smallest absolute Gasteiger partial charge is 0.324 e. The summed E-state index contributed by atoms with van der Waals surface area (Å²) < 4.78 is 14.9. The van der Waals surface area contributed by atoms with Crippen LogP contribution in [-0.2, 0) is 43.2 Å². The highest BCUT2D eigenvalue weighted by molar-refractivity contribution is 5.97. The Labute approximate surface area is 361 Å². The van der Waals surface area contributed by atoms with Gasteiger partial charge in [-0.1, -0.05) is 39.8 Å². The van der Waals surface area contributed by atoms with Gasteiger partial charge < -0.3 is 34.6 Å². The van der Waals surface area contributed by atoms with Crippen LogP contribution in [0.5, 0.6) is 5.75 Å². The lowest BCUT2D eigenvalue weighted by molar-refractivity contribution is -0.156. The molecule has 2 amide bonds. The monoisotopic (exact) mass is 846 g/mol. The third-order valence-electron chi connectivity index (χ3n) is 12.9. The van der Waals surface area contributed by atoms with E-state index < -0.39 is 53.7 Å². The van der Waals surface area contributed by atoms with Crippen LogP contribution in [0.3, 0.4) is 0 Å². The van der Waals surface area contributed by atoms with Gasteiger partial charge in [-0.25, -0.2) is 10.4 Å². The van der Waals surface area contributed by atoms with E-state index in [1.54, 1.807) is 43.6 Å². The second-order valence-electron chi connectivity index (χ2n) is 18.0. The van der Waals surface area contributed by atoms with Crippen LogP contribution in [0.2, 0.25) is 0 Å². The van der Waals surface area contributed by atoms with E-state index >= 15 is 0 Å². The molecule has 15 nitrogen and oxygen atoms in total. The van der Waals surface area contributed by atoms with Crippen LogP contribution in [0.15, 0.2) is 67.3 Å². The number of cyclic esters (lactones) is 1. The molecule has 3 aliphatic rings. The average Bonchev–Trinajstić information content (AvgIpc) is 3.89. The molecule has 0 spiro atoms. The summed E-state index contributed by atoms with van der Waals surface area (Å²) >= 11 is 0. The maximum Gasteiger partial charge on any atom is 0.324 e. The number of imidazole rings is 1. The molecule has 328 valence electrons. The van der Waals surface area contributed by atoms with Gasteiger partial charge in [-0.3, -0.25) is 29.3 Å². The van der Waals surface area contributed by atoms with Gasteiger partial charge in [0.05, 0.1) is 30.4 Å². The number of carbonyl (C=O) groups is 3. The highest BCUT2D eigenvalue weighted by Crippen LogP contribution is 2.57. The number of carbonyl (C=O) groups excluding carboxylic acids is 3. The number of fused-ring (bicyclic) bond motifs is 8. The maximum atomic E-state index is 14.7. The van der Waals surface area contributed by atoms with Crippen LogP contribution in [0.4, 0.5) is 0 Å². The van der Waals surface area contributed by atoms with Crippen molar-refractivity contribution in [2.75, 3.05) is 27.3 Å². The minimum absolute atomic E-state index is 0.0109. The normalized spacial score (nSPS) is 22.3. The number of esters is 1. The molecule has 1 saturated heterocycles. The van der Waals surface area contributed by atoms with Gasteiger partial charge in [-0.2, -0.15) is 0 Å². The van der Waals surface area contributed by atoms with Crippen molar-refractivity contribution in [1.82, 2.24) is 40.2 Å². The summed E-state index contributed by atoms with van der Waals surface area (Å²) in [5.74, 6) is -1.90. The van der Waals surface area contributed by atoms with Crippen LogP contribution < -0.4 is 10.7 Å². The molecular weight excluding hydrogens is 789 g/mol. The molecule has 0 radical (unpaired) electrons. The first kappa shape index (κ1) is 43.1. The molecule has 2 aliphatic heterocycles. The predicted octanol–water partition coefficient (Wildman–Crippen LogP) is 5.23. The molecule has 8 rings (SSSR count). The SMILES string of the molecule is CCn1c2c3c4cc(ccc41)-c1cc(O)cc(c1)CC(NC(=O)[C@H](C(C)C)N(C)C(O)Cc1cnc[nH]1)C(=O)N1CCC[C@H](N1)C(=O)OCC(C)(C)C3[C@H](OC)c1ncccc1-2. The first-order valence-corrected chi connectivity index (χ1v) is 21.6. The molecule has 1 fully saturated rings. The number of pyridine rings is 1. The molecule has 15 heteroatoms. The number of hydrazine groups is 1. The number of aromatic hydroxyl groups is 1. The van der Waals surface area contributed by atoms with E-state index in [9.17, 15) is 24.6 Å². The number of hydrogen-bond donors (Lipinski definition) is 5. The topological polar surface area (TPSA) is 187 Å². The Kier molecular flexibility index (Phi) is 12.0. The van der Waals surface area contributed by atoms with Crippen molar-refractivity contribution in [3.8, 4) is 28.1 Å². The highest BCUT2D eigenvalue weighted by atomic mass is 16.5. The largest absolute Gasteiger partial charge is 0.508 e. The van der Waals surface area contributed by atoms with Gasteiger partial charge in [-0.05, 0) is 91.4 Å². The number of likely N-dealkylation sites (N-methyl/N-ethyl adjacent to an activating group) is 1. The summed E-state index contributed by atoms with van der Waals surface area (Å²) in [7, 11) is 3.37. The lowest BCUT2D eigenvalue weighted by Crippen LogP contribution is -2.62. The molecule has 3 unspecified atom stereocenters. The highest BCUT2D eigenvalue weighted by Gasteiger charge is 2.47. The third-order valence-corrected chi connectivity index (χ3v) is 12.9. The number of nitrogens with zero attached hydrogens (tertiary/aromatic N) is 5. The van der Waals surface area contributed by atoms with Crippen LogP contribution in [0.1, 0.15) is 82.0 Å². The summed E-state index contributed by atoms with van der Waals surface area (Å²) in [6, 6.07) is 12.8. The predicted molar refractivity (Wildman–Crippen MR) is 233 cm³/mol. The molecule has 2 aromatic carbocycles. The number of rotatable bonds is 9. The van der Waals surface area contributed by atoms with E-state index in [4.69, 9.17) is 14.5 Å². The van der Waals surface area contributed by atoms with Crippen LogP contribution in [0.25, 0.3) is 33.3 Å². The number of hydrogen-bond acceptors (Lipinski definition) is 11. The number of methoxy groups -OCH3 is 1. The second kappa shape index (κ2) is 17.3. The number of ether oxygens (including phenoxy) is 2.